The highest BCUT2D eigenvalue weighted by atomic mass is 32.2. The smallest absolute Gasteiger partial charge is 0.254 e. The van der Waals surface area contributed by atoms with E-state index in [0.29, 0.717) is 22.4 Å². The maximum atomic E-state index is 13.4. The lowest BCUT2D eigenvalue weighted by atomic mass is 10.1. The summed E-state index contributed by atoms with van der Waals surface area (Å²) in [6.07, 6.45) is 1.10. The summed E-state index contributed by atoms with van der Waals surface area (Å²) in [4.78, 5) is 14.2. The minimum Gasteiger partial charge on any atom is -0.334 e. The maximum Gasteiger partial charge on any atom is 0.254 e. The van der Waals surface area contributed by atoms with E-state index < -0.39 is 0 Å². The number of hydrogen-bond acceptors (Lipinski definition) is 2. The van der Waals surface area contributed by atoms with Crippen LogP contribution >= 0.6 is 11.8 Å². The van der Waals surface area contributed by atoms with Gasteiger partial charge in [-0.05, 0) is 31.0 Å². The molecule has 1 aromatic carbocycles. The van der Waals surface area contributed by atoms with Crippen molar-refractivity contribution in [2.24, 2.45) is 0 Å². The van der Waals surface area contributed by atoms with Gasteiger partial charge < -0.3 is 4.90 Å². The molecule has 2 unspecified atom stereocenters. The molecule has 3 rings (SSSR count). The van der Waals surface area contributed by atoms with Crippen LogP contribution in [0, 0.1) is 12.7 Å². The van der Waals surface area contributed by atoms with Gasteiger partial charge in [-0.1, -0.05) is 6.07 Å². The van der Waals surface area contributed by atoms with Crippen molar-refractivity contribution in [1.82, 2.24) is 4.90 Å². The molecule has 2 nitrogen and oxygen atoms in total. The Bertz CT molecular complexity index is 476. The van der Waals surface area contributed by atoms with E-state index in [2.05, 4.69) is 0 Å². The molecule has 4 heteroatoms. The summed E-state index contributed by atoms with van der Waals surface area (Å²) in [5, 5.41) is 0.597. The van der Waals surface area contributed by atoms with Gasteiger partial charge >= 0.3 is 0 Å². The largest absolute Gasteiger partial charge is 0.334 e. The van der Waals surface area contributed by atoms with Crippen LogP contribution in [-0.2, 0) is 0 Å². The van der Waals surface area contributed by atoms with Gasteiger partial charge in [-0.2, -0.15) is 11.8 Å². The molecule has 0 radical (unpaired) electrons. The third-order valence-electron chi connectivity index (χ3n) is 3.58. The first kappa shape index (κ1) is 11.1. The number of likely N-dealkylation sites (tertiary alicyclic amines) is 1. The molecule has 0 N–H and O–H groups in total. The molecule has 2 atom stereocenters. The van der Waals surface area contributed by atoms with Crippen molar-refractivity contribution < 1.29 is 9.18 Å². The van der Waals surface area contributed by atoms with Crippen LogP contribution in [0.3, 0.4) is 0 Å². The number of nitrogens with zero attached hydrogens (tertiary/aromatic N) is 1. The molecule has 17 heavy (non-hydrogen) atoms. The fraction of sp³-hybridized carbons (Fsp3) is 0.462. The van der Waals surface area contributed by atoms with Gasteiger partial charge in [-0.3, -0.25) is 4.79 Å². The summed E-state index contributed by atoms with van der Waals surface area (Å²) in [6, 6.07) is 5.12. The lowest BCUT2D eigenvalue weighted by Crippen LogP contribution is -2.39. The Morgan fingerprint density at radius 3 is 2.94 bits per heavy atom. The normalized spacial score (nSPS) is 26.6. The lowest BCUT2D eigenvalue weighted by Gasteiger charge is -2.26. The summed E-state index contributed by atoms with van der Waals surface area (Å²) < 4.78 is 13.4. The van der Waals surface area contributed by atoms with Gasteiger partial charge in [-0.25, -0.2) is 4.39 Å². The Morgan fingerprint density at radius 2 is 2.35 bits per heavy atom. The van der Waals surface area contributed by atoms with E-state index in [0.717, 1.165) is 18.7 Å². The van der Waals surface area contributed by atoms with Crippen molar-refractivity contribution in [3.05, 3.63) is 35.1 Å². The predicted octanol–water partition coefficient (Wildman–Crippen LogP) is 2.46. The van der Waals surface area contributed by atoms with E-state index in [1.807, 2.05) is 16.7 Å². The van der Waals surface area contributed by atoms with Crippen LogP contribution in [0.5, 0.6) is 0 Å². The summed E-state index contributed by atoms with van der Waals surface area (Å²) in [7, 11) is 0. The van der Waals surface area contributed by atoms with Crippen LogP contribution < -0.4 is 0 Å². The molecule has 2 saturated heterocycles. The second-order valence-corrected chi connectivity index (χ2v) is 6.10. The van der Waals surface area contributed by atoms with E-state index in [-0.39, 0.29) is 11.7 Å². The third kappa shape index (κ3) is 1.84. The van der Waals surface area contributed by atoms with Gasteiger partial charge in [0.15, 0.2) is 0 Å². The number of carbonyl (C=O) groups excluding carboxylic acids is 1. The fourth-order valence-electron chi connectivity index (χ4n) is 2.54. The van der Waals surface area contributed by atoms with Gasteiger partial charge in [0.05, 0.1) is 0 Å². The quantitative estimate of drug-likeness (QED) is 0.764. The van der Waals surface area contributed by atoms with E-state index in [1.54, 1.807) is 19.1 Å². The monoisotopic (exact) mass is 251 g/mol. The average molecular weight is 251 g/mol. The molecule has 0 saturated carbocycles. The molecule has 0 spiro atoms. The van der Waals surface area contributed by atoms with Gasteiger partial charge in [-0.15, -0.1) is 0 Å². The Labute approximate surface area is 104 Å². The highest BCUT2D eigenvalue weighted by Crippen LogP contribution is 2.38. The van der Waals surface area contributed by atoms with Crippen molar-refractivity contribution in [3.8, 4) is 0 Å². The van der Waals surface area contributed by atoms with Crippen LogP contribution in [0.25, 0.3) is 0 Å². The van der Waals surface area contributed by atoms with Gasteiger partial charge in [0, 0.05) is 29.2 Å². The summed E-state index contributed by atoms with van der Waals surface area (Å²) in [6.45, 7) is 2.53. The minimum atomic E-state index is -0.297. The van der Waals surface area contributed by atoms with Gasteiger partial charge in [0.25, 0.3) is 5.91 Å². The van der Waals surface area contributed by atoms with Crippen molar-refractivity contribution >= 4 is 17.7 Å². The van der Waals surface area contributed by atoms with E-state index in [9.17, 15) is 9.18 Å². The molecule has 2 aliphatic rings. The van der Waals surface area contributed by atoms with E-state index >= 15 is 0 Å². The zero-order chi connectivity index (χ0) is 12.0. The van der Waals surface area contributed by atoms with Crippen LogP contribution in [-0.4, -0.2) is 34.4 Å². The highest BCUT2D eigenvalue weighted by Gasteiger charge is 2.41. The molecule has 1 amide bonds. The molecular weight excluding hydrogens is 237 g/mol. The third-order valence-corrected chi connectivity index (χ3v) is 4.97. The summed E-state index contributed by atoms with van der Waals surface area (Å²) >= 11 is 1.95. The van der Waals surface area contributed by atoms with Crippen LogP contribution in [0.1, 0.15) is 22.3 Å². The number of hydrogen-bond donors (Lipinski definition) is 0. The second kappa shape index (κ2) is 4.02. The summed E-state index contributed by atoms with van der Waals surface area (Å²) in [5.41, 5.74) is 1.06. The van der Waals surface area contributed by atoms with Crippen LogP contribution in [0.2, 0.25) is 0 Å². The number of thioether (sulfide) groups is 1. The van der Waals surface area contributed by atoms with Gasteiger partial charge in [0.2, 0.25) is 0 Å². The molecule has 2 bridgehead atoms. The number of benzene rings is 1. The first-order valence-electron chi connectivity index (χ1n) is 5.84. The number of rotatable bonds is 1. The predicted molar refractivity (Wildman–Crippen MR) is 66.8 cm³/mol. The van der Waals surface area contributed by atoms with Crippen LogP contribution in [0.15, 0.2) is 18.2 Å². The standard InChI is InChI=1S/C13H14FNOS/c1-8-2-3-9(4-12(8)14)13(16)15-6-11-5-10(15)7-17-11/h2-4,10-11H,5-7H2,1H3. The molecule has 2 aliphatic heterocycles. The first-order chi connectivity index (χ1) is 8.15. The zero-order valence-electron chi connectivity index (χ0n) is 9.65. The number of aryl methyl sites for hydroxylation is 1. The Hall–Kier alpha value is -1.03. The van der Waals surface area contributed by atoms with Gasteiger partial charge in [0.1, 0.15) is 5.82 Å². The molecule has 0 aliphatic carbocycles. The van der Waals surface area contributed by atoms with Crippen LogP contribution in [0.4, 0.5) is 4.39 Å². The number of amides is 1. The van der Waals surface area contributed by atoms with E-state index in [1.165, 1.54) is 6.07 Å². The SMILES string of the molecule is Cc1ccc(C(=O)N2CC3CC2CS3)cc1F. The van der Waals surface area contributed by atoms with Crippen molar-refractivity contribution in [2.45, 2.75) is 24.6 Å². The first-order valence-corrected chi connectivity index (χ1v) is 6.89. The fourth-order valence-corrected chi connectivity index (χ4v) is 3.97. The Morgan fingerprint density at radius 1 is 1.53 bits per heavy atom. The minimum absolute atomic E-state index is 0.0169. The van der Waals surface area contributed by atoms with E-state index in [4.69, 9.17) is 0 Å². The maximum absolute atomic E-state index is 13.4. The second-order valence-electron chi connectivity index (χ2n) is 4.77. The van der Waals surface area contributed by atoms with Crippen molar-refractivity contribution in [3.63, 3.8) is 0 Å². The number of halogens is 1. The topological polar surface area (TPSA) is 20.3 Å². The Kier molecular flexibility index (Phi) is 2.62. The average Bonchev–Trinajstić information content (AvgIpc) is 2.93. The summed E-state index contributed by atoms with van der Waals surface area (Å²) in [5.74, 6) is 0.719. The van der Waals surface area contributed by atoms with Crippen molar-refractivity contribution in [2.75, 3.05) is 12.3 Å². The lowest BCUT2D eigenvalue weighted by molar-refractivity contribution is 0.0747. The number of fused-ring (bicyclic) bond motifs is 2. The molecular formula is C13H14FNOS. The highest BCUT2D eigenvalue weighted by molar-refractivity contribution is 8.00. The van der Waals surface area contributed by atoms with Crippen molar-refractivity contribution in [1.29, 1.82) is 0 Å². The molecule has 1 aromatic rings. The molecule has 2 heterocycles. The Balaban J connectivity index is 1.84. The number of carbonyl (C=O) groups is 1. The molecule has 90 valence electrons. The zero-order valence-corrected chi connectivity index (χ0v) is 10.5. The molecule has 0 aromatic heterocycles. The molecule has 2 fully saturated rings.